The first-order valence-corrected chi connectivity index (χ1v) is 8.48. The van der Waals surface area contributed by atoms with Gasteiger partial charge in [0.05, 0.1) is 4.90 Å². The molecular formula is C15H16BrNO2S. The lowest BCUT2D eigenvalue weighted by Gasteiger charge is -2.10. The molecule has 0 bridgehead atoms. The van der Waals surface area contributed by atoms with Gasteiger partial charge >= 0.3 is 0 Å². The average molecular weight is 354 g/mol. The molecule has 0 heterocycles. The van der Waals surface area contributed by atoms with Gasteiger partial charge in [0.1, 0.15) is 0 Å². The van der Waals surface area contributed by atoms with Gasteiger partial charge in [0.15, 0.2) is 0 Å². The predicted molar refractivity (Wildman–Crippen MR) is 84.1 cm³/mol. The third-order valence-corrected chi connectivity index (χ3v) is 5.24. The van der Waals surface area contributed by atoms with Crippen LogP contribution in [0.3, 0.4) is 0 Å². The molecule has 0 saturated carbocycles. The lowest BCUT2D eigenvalue weighted by Crippen LogP contribution is -2.23. The summed E-state index contributed by atoms with van der Waals surface area (Å²) in [6.45, 7) is 4.31. The maximum absolute atomic E-state index is 12.2. The Balaban J connectivity index is 2.17. The zero-order valence-corrected chi connectivity index (χ0v) is 13.8. The lowest BCUT2D eigenvalue weighted by molar-refractivity contribution is 0.581. The van der Waals surface area contributed by atoms with Crippen LogP contribution in [-0.2, 0) is 16.6 Å². The van der Waals surface area contributed by atoms with Crippen molar-refractivity contribution in [3.8, 4) is 0 Å². The summed E-state index contributed by atoms with van der Waals surface area (Å²) in [5, 5.41) is 0. The minimum atomic E-state index is -3.48. The molecule has 0 radical (unpaired) electrons. The van der Waals surface area contributed by atoms with Crippen molar-refractivity contribution in [3.63, 3.8) is 0 Å². The Morgan fingerprint density at radius 1 is 1.05 bits per heavy atom. The van der Waals surface area contributed by atoms with E-state index in [0.717, 1.165) is 21.2 Å². The van der Waals surface area contributed by atoms with Crippen molar-refractivity contribution in [3.05, 3.63) is 63.6 Å². The van der Waals surface area contributed by atoms with Crippen molar-refractivity contribution >= 4 is 26.0 Å². The standard InChI is InChI=1S/C15H16BrNO2S/c1-11-4-3-5-13(12(11)2)10-17-20(18,19)15-8-6-14(16)7-9-15/h3-9,17H,10H2,1-2H3. The highest BCUT2D eigenvalue weighted by atomic mass is 79.9. The van der Waals surface area contributed by atoms with Crippen molar-refractivity contribution < 1.29 is 8.42 Å². The van der Waals surface area contributed by atoms with Crippen LogP contribution in [0.25, 0.3) is 0 Å². The van der Waals surface area contributed by atoms with E-state index in [1.807, 2.05) is 32.0 Å². The van der Waals surface area contributed by atoms with Gasteiger partial charge in [-0.15, -0.1) is 0 Å². The normalized spacial score (nSPS) is 11.6. The fourth-order valence-corrected chi connectivity index (χ4v) is 3.14. The molecule has 2 aromatic rings. The number of nitrogens with one attached hydrogen (secondary N) is 1. The molecule has 0 amide bonds. The van der Waals surface area contributed by atoms with Crippen LogP contribution in [0.15, 0.2) is 51.8 Å². The van der Waals surface area contributed by atoms with E-state index < -0.39 is 10.0 Å². The first-order valence-electron chi connectivity index (χ1n) is 6.20. The van der Waals surface area contributed by atoms with Gasteiger partial charge in [-0.2, -0.15) is 0 Å². The smallest absolute Gasteiger partial charge is 0.207 e. The fourth-order valence-electron chi connectivity index (χ4n) is 1.87. The van der Waals surface area contributed by atoms with Gasteiger partial charge in [0.25, 0.3) is 0 Å². The molecular weight excluding hydrogens is 338 g/mol. The zero-order chi connectivity index (χ0) is 14.8. The Hall–Kier alpha value is -1.17. The van der Waals surface area contributed by atoms with Crippen molar-refractivity contribution in [2.75, 3.05) is 0 Å². The number of hydrogen-bond donors (Lipinski definition) is 1. The molecule has 0 atom stereocenters. The van der Waals surface area contributed by atoms with Gasteiger partial charge in [-0.3, -0.25) is 0 Å². The summed E-state index contributed by atoms with van der Waals surface area (Å²) in [5.74, 6) is 0. The molecule has 20 heavy (non-hydrogen) atoms. The Labute approximate surface area is 128 Å². The summed E-state index contributed by atoms with van der Waals surface area (Å²) in [5.41, 5.74) is 3.27. The second kappa shape index (κ2) is 6.08. The molecule has 0 spiro atoms. The number of sulfonamides is 1. The van der Waals surface area contributed by atoms with Crippen LogP contribution in [0, 0.1) is 13.8 Å². The van der Waals surface area contributed by atoms with Gasteiger partial charge < -0.3 is 0 Å². The monoisotopic (exact) mass is 353 g/mol. The molecule has 0 aromatic heterocycles. The number of benzene rings is 2. The molecule has 5 heteroatoms. The van der Waals surface area contributed by atoms with E-state index in [1.54, 1.807) is 24.3 Å². The van der Waals surface area contributed by atoms with Crippen molar-refractivity contribution in [1.29, 1.82) is 0 Å². The minimum absolute atomic E-state index is 0.269. The number of halogens is 1. The molecule has 106 valence electrons. The summed E-state index contributed by atoms with van der Waals surface area (Å²) in [7, 11) is -3.48. The highest BCUT2D eigenvalue weighted by Gasteiger charge is 2.14. The number of aryl methyl sites for hydroxylation is 1. The van der Waals surface area contributed by atoms with Gasteiger partial charge in [-0.05, 0) is 54.8 Å². The van der Waals surface area contributed by atoms with Crippen molar-refractivity contribution in [2.24, 2.45) is 0 Å². The maximum atomic E-state index is 12.2. The first kappa shape index (κ1) is 15.2. The van der Waals surface area contributed by atoms with Crippen molar-refractivity contribution in [1.82, 2.24) is 4.72 Å². The van der Waals surface area contributed by atoms with Crippen LogP contribution in [0.2, 0.25) is 0 Å². The second-order valence-electron chi connectivity index (χ2n) is 4.64. The van der Waals surface area contributed by atoms with E-state index in [2.05, 4.69) is 20.7 Å². The van der Waals surface area contributed by atoms with E-state index in [0.29, 0.717) is 6.54 Å². The largest absolute Gasteiger partial charge is 0.240 e. The van der Waals surface area contributed by atoms with Crippen molar-refractivity contribution in [2.45, 2.75) is 25.3 Å². The Bertz CT molecular complexity index is 709. The summed E-state index contributed by atoms with van der Waals surface area (Å²) in [4.78, 5) is 0.269. The van der Waals surface area contributed by atoms with Crippen LogP contribution in [0.1, 0.15) is 16.7 Å². The molecule has 0 saturated heterocycles. The molecule has 0 aliphatic carbocycles. The highest BCUT2D eigenvalue weighted by molar-refractivity contribution is 9.10. The second-order valence-corrected chi connectivity index (χ2v) is 7.32. The van der Waals surface area contributed by atoms with Crippen LogP contribution >= 0.6 is 15.9 Å². The average Bonchev–Trinajstić information content (AvgIpc) is 2.41. The SMILES string of the molecule is Cc1cccc(CNS(=O)(=O)c2ccc(Br)cc2)c1C. The zero-order valence-electron chi connectivity index (χ0n) is 11.4. The van der Waals surface area contributed by atoms with Gasteiger partial charge in [-0.25, -0.2) is 13.1 Å². The Morgan fingerprint density at radius 3 is 2.35 bits per heavy atom. The molecule has 0 unspecified atom stereocenters. The summed E-state index contributed by atoms with van der Waals surface area (Å²) >= 11 is 3.29. The quantitative estimate of drug-likeness (QED) is 0.913. The van der Waals surface area contributed by atoms with Gasteiger partial charge in [0.2, 0.25) is 10.0 Å². The van der Waals surface area contributed by atoms with E-state index in [9.17, 15) is 8.42 Å². The number of hydrogen-bond acceptors (Lipinski definition) is 2. The van der Waals surface area contributed by atoms with Gasteiger partial charge in [0, 0.05) is 11.0 Å². The summed E-state index contributed by atoms with van der Waals surface area (Å²) in [6, 6.07) is 12.5. The van der Waals surface area contributed by atoms with E-state index in [1.165, 1.54) is 0 Å². The molecule has 2 rings (SSSR count). The topological polar surface area (TPSA) is 46.2 Å². The molecule has 0 fully saturated rings. The lowest BCUT2D eigenvalue weighted by atomic mass is 10.0. The van der Waals surface area contributed by atoms with Crippen LogP contribution in [0.4, 0.5) is 0 Å². The van der Waals surface area contributed by atoms with E-state index in [4.69, 9.17) is 0 Å². The maximum Gasteiger partial charge on any atom is 0.240 e. The Morgan fingerprint density at radius 2 is 1.70 bits per heavy atom. The molecule has 0 aliphatic rings. The summed E-state index contributed by atoms with van der Waals surface area (Å²) in [6.07, 6.45) is 0. The third kappa shape index (κ3) is 3.48. The minimum Gasteiger partial charge on any atom is -0.207 e. The van der Waals surface area contributed by atoms with Crippen LogP contribution in [-0.4, -0.2) is 8.42 Å². The Kier molecular flexibility index (Phi) is 4.62. The van der Waals surface area contributed by atoms with E-state index in [-0.39, 0.29) is 4.90 Å². The number of rotatable bonds is 4. The van der Waals surface area contributed by atoms with Crippen LogP contribution in [0.5, 0.6) is 0 Å². The van der Waals surface area contributed by atoms with Gasteiger partial charge in [-0.1, -0.05) is 34.1 Å². The fraction of sp³-hybridized carbons (Fsp3) is 0.200. The summed E-state index contributed by atoms with van der Waals surface area (Å²) < 4.78 is 27.9. The highest BCUT2D eigenvalue weighted by Crippen LogP contribution is 2.16. The third-order valence-electron chi connectivity index (χ3n) is 3.29. The molecule has 2 aromatic carbocycles. The van der Waals surface area contributed by atoms with E-state index >= 15 is 0 Å². The molecule has 3 nitrogen and oxygen atoms in total. The van der Waals surface area contributed by atoms with Crippen LogP contribution < -0.4 is 4.72 Å². The first-order chi connectivity index (χ1) is 9.40. The predicted octanol–water partition coefficient (Wildman–Crippen LogP) is 3.54. The molecule has 1 N–H and O–H groups in total. The molecule has 0 aliphatic heterocycles.